The molecule has 0 saturated carbocycles. The van der Waals surface area contributed by atoms with E-state index in [1.165, 1.54) is 6.92 Å². The molecule has 1 aliphatic heterocycles. The minimum Gasteiger partial charge on any atom is -0.378 e. The van der Waals surface area contributed by atoms with E-state index in [1.807, 2.05) is 0 Å². The molecule has 10 heavy (non-hydrogen) atoms. The second-order valence-electron chi connectivity index (χ2n) is 2.76. The SMILES string of the molecule is CC(=O)CC1(C#N)COC1. The van der Waals surface area contributed by atoms with Crippen LogP contribution in [0.2, 0.25) is 0 Å². The van der Waals surface area contributed by atoms with E-state index in [9.17, 15) is 4.79 Å². The van der Waals surface area contributed by atoms with Gasteiger partial charge in [-0.25, -0.2) is 0 Å². The first kappa shape index (κ1) is 7.23. The van der Waals surface area contributed by atoms with Gasteiger partial charge in [0.1, 0.15) is 11.2 Å². The lowest BCUT2D eigenvalue weighted by Crippen LogP contribution is -2.42. The fourth-order valence-electron chi connectivity index (χ4n) is 1.03. The Bertz CT molecular complexity index is 188. The van der Waals surface area contributed by atoms with Gasteiger partial charge in [-0.2, -0.15) is 5.26 Å². The molecule has 0 spiro atoms. The van der Waals surface area contributed by atoms with Crippen LogP contribution in [0, 0.1) is 16.7 Å². The lowest BCUT2D eigenvalue weighted by Gasteiger charge is -2.33. The summed E-state index contributed by atoms with van der Waals surface area (Å²) < 4.78 is 4.86. The Labute approximate surface area is 59.6 Å². The van der Waals surface area contributed by atoms with E-state index in [0.717, 1.165) is 0 Å². The van der Waals surface area contributed by atoms with Gasteiger partial charge >= 0.3 is 0 Å². The number of rotatable bonds is 2. The van der Waals surface area contributed by atoms with Crippen molar-refractivity contribution in [3.8, 4) is 6.07 Å². The van der Waals surface area contributed by atoms with Crippen molar-refractivity contribution >= 4 is 5.78 Å². The minimum atomic E-state index is -0.480. The third-order valence-corrected chi connectivity index (χ3v) is 1.58. The number of ether oxygens (including phenoxy) is 1. The molecule has 1 aliphatic rings. The molecular weight excluding hydrogens is 130 g/mol. The summed E-state index contributed by atoms with van der Waals surface area (Å²) in [7, 11) is 0. The summed E-state index contributed by atoms with van der Waals surface area (Å²) in [5.41, 5.74) is -0.480. The van der Waals surface area contributed by atoms with Gasteiger partial charge in [-0.05, 0) is 6.92 Å². The van der Waals surface area contributed by atoms with Gasteiger partial charge in [-0.15, -0.1) is 0 Å². The molecule has 3 nitrogen and oxygen atoms in total. The second kappa shape index (κ2) is 2.39. The van der Waals surface area contributed by atoms with Crippen LogP contribution in [0.1, 0.15) is 13.3 Å². The van der Waals surface area contributed by atoms with Crippen molar-refractivity contribution in [3.63, 3.8) is 0 Å². The molecular formula is C7H9NO2. The van der Waals surface area contributed by atoms with Crippen molar-refractivity contribution in [2.75, 3.05) is 13.2 Å². The molecule has 0 N–H and O–H groups in total. The maximum atomic E-state index is 10.6. The van der Waals surface area contributed by atoms with Gasteiger partial charge in [0.25, 0.3) is 0 Å². The fraction of sp³-hybridized carbons (Fsp3) is 0.714. The summed E-state index contributed by atoms with van der Waals surface area (Å²) in [6.07, 6.45) is 0.337. The first-order valence-corrected chi connectivity index (χ1v) is 3.17. The first-order chi connectivity index (χ1) is 4.68. The van der Waals surface area contributed by atoms with E-state index < -0.39 is 5.41 Å². The zero-order valence-corrected chi connectivity index (χ0v) is 5.89. The third-order valence-electron chi connectivity index (χ3n) is 1.58. The fourth-order valence-corrected chi connectivity index (χ4v) is 1.03. The molecule has 0 bridgehead atoms. The lowest BCUT2D eigenvalue weighted by atomic mass is 9.83. The van der Waals surface area contributed by atoms with Crippen molar-refractivity contribution < 1.29 is 9.53 Å². The van der Waals surface area contributed by atoms with Crippen LogP contribution in [-0.4, -0.2) is 19.0 Å². The predicted molar refractivity (Wildman–Crippen MR) is 34.2 cm³/mol. The molecule has 0 atom stereocenters. The van der Waals surface area contributed by atoms with Gasteiger partial charge in [0, 0.05) is 6.42 Å². The molecule has 0 amide bonds. The highest BCUT2D eigenvalue weighted by atomic mass is 16.5. The molecule has 1 fully saturated rings. The van der Waals surface area contributed by atoms with Crippen LogP contribution in [0.25, 0.3) is 0 Å². The van der Waals surface area contributed by atoms with Crippen LogP contribution in [0.15, 0.2) is 0 Å². The Hall–Kier alpha value is -0.880. The van der Waals surface area contributed by atoms with Crippen LogP contribution < -0.4 is 0 Å². The molecule has 54 valence electrons. The standard InChI is InChI=1S/C7H9NO2/c1-6(9)2-7(3-8)4-10-5-7/h2,4-5H2,1H3. The van der Waals surface area contributed by atoms with Crippen molar-refractivity contribution in [3.05, 3.63) is 0 Å². The van der Waals surface area contributed by atoms with Crippen LogP contribution >= 0.6 is 0 Å². The van der Waals surface area contributed by atoms with Crippen molar-refractivity contribution in [2.45, 2.75) is 13.3 Å². The Morgan fingerprint density at radius 1 is 1.80 bits per heavy atom. The van der Waals surface area contributed by atoms with Gasteiger partial charge in [-0.3, -0.25) is 4.79 Å². The summed E-state index contributed by atoms with van der Waals surface area (Å²) in [5, 5.41) is 8.60. The van der Waals surface area contributed by atoms with Crippen molar-refractivity contribution in [1.82, 2.24) is 0 Å². The smallest absolute Gasteiger partial charge is 0.131 e. The van der Waals surface area contributed by atoms with E-state index in [4.69, 9.17) is 10.00 Å². The summed E-state index contributed by atoms with van der Waals surface area (Å²) in [4.78, 5) is 10.6. The minimum absolute atomic E-state index is 0.0600. The Morgan fingerprint density at radius 2 is 2.40 bits per heavy atom. The summed E-state index contributed by atoms with van der Waals surface area (Å²) >= 11 is 0. The zero-order valence-electron chi connectivity index (χ0n) is 5.89. The van der Waals surface area contributed by atoms with Crippen molar-refractivity contribution in [2.24, 2.45) is 5.41 Å². The molecule has 1 saturated heterocycles. The quantitative estimate of drug-likeness (QED) is 0.560. The number of hydrogen-bond donors (Lipinski definition) is 0. The first-order valence-electron chi connectivity index (χ1n) is 3.17. The number of carbonyl (C=O) groups is 1. The van der Waals surface area contributed by atoms with Gasteiger partial charge in [-0.1, -0.05) is 0 Å². The van der Waals surface area contributed by atoms with Crippen LogP contribution in [0.5, 0.6) is 0 Å². The van der Waals surface area contributed by atoms with Gasteiger partial charge < -0.3 is 4.74 Å². The van der Waals surface area contributed by atoms with E-state index in [-0.39, 0.29) is 5.78 Å². The largest absolute Gasteiger partial charge is 0.378 e. The average molecular weight is 139 g/mol. The van der Waals surface area contributed by atoms with Gasteiger partial charge in [0.2, 0.25) is 0 Å². The van der Waals surface area contributed by atoms with E-state index in [0.29, 0.717) is 19.6 Å². The predicted octanol–water partition coefficient (Wildman–Crippen LogP) is 0.506. The zero-order chi connectivity index (χ0) is 7.61. The van der Waals surface area contributed by atoms with Crippen molar-refractivity contribution in [1.29, 1.82) is 5.26 Å². The lowest BCUT2D eigenvalue weighted by molar-refractivity contribution is -0.128. The number of hydrogen-bond acceptors (Lipinski definition) is 3. The van der Waals surface area contributed by atoms with E-state index >= 15 is 0 Å². The molecule has 0 aromatic carbocycles. The van der Waals surface area contributed by atoms with Crippen LogP contribution in [0.3, 0.4) is 0 Å². The topological polar surface area (TPSA) is 50.1 Å². The molecule has 3 heteroatoms. The molecule has 0 unspecified atom stereocenters. The monoisotopic (exact) mass is 139 g/mol. The number of nitrogens with zero attached hydrogens (tertiary/aromatic N) is 1. The molecule has 1 heterocycles. The third kappa shape index (κ3) is 1.17. The Kier molecular flexibility index (Phi) is 1.73. The number of Topliss-reactive ketones (excluding diaryl/α,β-unsaturated/α-hetero) is 1. The van der Waals surface area contributed by atoms with Gasteiger partial charge in [0.15, 0.2) is 0 Å². The molecule has 0 radical (unpaired) electrons. The van der Waals surface area contributed by atoms with Crippen LogP contribution in [-0.2, 0) is 9.53 Å². The summed E-state index contributed by atoms with van der Waals surface area (Å²) in [5.74, 6) is 0.0600. The summed E-state index contributed by atoms with van der Waals surface area (Å²) in [6.45, 7) is 2.34. The molecule has 0 aliphatic carbocycles. The van der Waals surface area contributed by atoms with Gasteiger partial charge in [0.05, 0.1) is 19.3 Å². The highest BCUT2D eigenvalue weighted by Crippen LogP contribution is 2.30. The second-order valence-corrected chi connectivity index (χ2v) is 2.76. The Balaban J connectivity index is 2.51. The highest BCUT2D eigenvalue weighted by molar-refractivity contribution is 5.76. The molecule has 0 aromatic rings. The highest BCUT2D eigenvalue weighted by Gasteiger charge is 2.39. The number of ketones is 1. The van der Waals surface area contributed by atoms with Crippen LogP contribution in [0.4, 0.5) is 0 Å². The average Bonchev–Trinajstić information content (AvgIpc) is 1.78. The Morgan fingerprint density at radius 3 is 2.50 bits per heavy atom. The number of carbonyl (C=O) groups excluding carboxylic acids is 1. The number of nitriles is 1. The molecule has 0 aromatic heterocycles. The maximum Gasteiger partial charge on any atom is 0.131 e. The normalized spacial score (nSPS) is 20.8. The summed E-state index contributed by atoms with van der Waals surface area (Å²) in [6, 6.07) is 2.10. The van der Waals surface area contributed by atoms with E-state index in [1.54, 1.807) is 0 Å². The molecule has 1 rings (SSSR count). The maximum absolute atomic E-state index is 10.6. The van der Waals surface area contributed by atoms with E-state index in [2.05, 4.69) is 6.07 Å².